The van der Waals surface area contributed by atoms with Gasteiger partial charge in [0.15, 0.2) is 17.5 Å². The fourth-order valence-electron chi connectivity index (χ4n) is 2.85. The normalized spacial score (nSPS) is 14.7. The largest absolute Gasteiger partial charge is 0.490 e. The molecule has 1 saturated carbocycles. The van der Waals surface area contributed by atoms with Crippen molar-refractivity contribution in [2.24, 2.45) is 10.9 Å². The number of guanidine groups is 1. The third-order valence-electron chi connectivity index (χ3n) is 4.88. The molecule has 29 heavy (non-hydrogen) atoms. The van der Waals surface area contributed by atoms with Crippen molar-refractivity contribution in [3.63, 3.8) is 0 Å². The minimum atomic E-state index is -0.318. The van der Waals surface area contributed by atoms with Crippen LogP contribution >= 0.6 is 24.0 Å². The van der Waals surface area contributed by atoms with Crippen LogP contribution in [-0.4, -0.2) is 31.1 Å². The summed E-state index contributed by atoms with van der Waals surface area (Å²) in [5.41, 5.74) is 3.03. The Morgan fingerprint density at radius 1 is 1.31 bits per heavy atom. The number of nitrogens with zero attached hydrogens (tertiary/aromatic N) is 2. The van der Waals surface area contributed by atoms with Crippen LogP contribution in [0.2, 0.25) is 0 Å². The SMILES string of the molecule is CN=C(NCCc1ccc(C)nc1)NC(C)c1ccc(OCC2CC2)c(F)c1.I. The molecule has 1 aliphatic rings. The van der Waals surface area contributed by atoms with Crippen molar-refractivity contribution in [2.45, 2.75) is 39.2 Å². The molecular formula is C22H30FIN4O. The zero-order valence-electron chi connectivity index (χ0n) is 17.2. The van der Waals surface area contributed by atoms with Crippen LogP contribution in [0, 0.1) is 18.7 Å². The molecule has 1 aromatic heterocycles. The smallest absolute Gasteiger partial charge is 0.191 e. The van der Waals surface area contributed by atoms with E-state index in [1.54, 1.807) is 13.1 Å². The Morgan fingerprint density at radius 2 is 2.10 bits per heavy atom. The Balaban J connectivity index is 0.00000300. The van der Waals surface area contributed by atoms with Crippen LogP contribution in [0.5, 0.6) is 5.75 Å². The number of aromatic nitrogens is 1. The van der Waals surface area contributed by atoms with E-state index in [2.05, 4.69) is 26.7 Å². The number of aliphatic imine (C=N–C) groups is 1. The van der Waals surface area contributed by atoms with Gasteiger partial charge in [-0.05, 0) is 68.4 Å². The first-order valence-electron chi connectivity index (χ1n) is 9.86. The van der Waals surface area contributed by atoms with Gasteiger partial charge in [0.2, 0.25) is 0 Å². The molecule has 5 nitrogen and oxygen atoms in total. The van der Waals surface area contributed by atoms with Gasteiger partial charge in [0.05, 0.1) is 12.6 Å². The quantitative estimate of drug-likeness (QED) is 0.313. The maximum Gasteiger partial charge on any atom is 0.191 e. The number of aryl methyl sites for hydroxylation is 1. The molecule has 0 spiro atoms. The first-order chi connectivity index (χ1) is 13.5. The molecule has 1 aromatic carbocycles. The van der Waals surface area contributed by atoms with Crippen molar-refractivity contribution in [1.82, 2.24) is 15.6 Å². The molecule has 2 N–H and O–H groups in total. The summed E-state index contributed by atoms with van der Waals surface area (Å²) in [6.07, 6.45) is 5.12. The first-order valence-corrected chi connectivity index (χ1v) is 9.86. The molecule has 0 radical (unpaired) electrons. The number of rotatable bonds is 8. The molecule has 3 rings (SSSR count). The van der Waals surface area contributed by atoms with E-state index in [0.29, 0.717) is 24.2 Å². The van der Waals surface area contributed by atoms with Crippen molar-refractivity contribution >= 4 is 29.9 Å². The molecule has 0 aliphatic heterocycles. The van der Waals surface area contributed by atoms with Crippen molar-refractivity contribution in [2.75, 3.05) is 20.2 Å². The molecule has 158 valence electrons. The minimum absolute atomic E-state index is 0. The van der Waals surface area contributed by atoms with Gasteiger partial charge in [-0.15, -0.1) is 24.0 Å². The standard InChI is InChI=1S/C22H29FN4O.HI/c1-15-4-5-17(13-26-15)10-11-25-22(24-3)27-16(2)19-8-9-21(20(23)12-19)28-14-18-6-7-18;/h4-5,8-9,12-13,16,18H,6-7,10-11,14H2,1-3H3,(H2,24,25,27);1H. The number of nitrogens with one attached hydrogen (secondary N) is 2. The summed E-state index contributed by atoms with van der Waals surface area (Å²) in [7, 11) is 1.73. The number of benzene rings is 1. The van der Waals surface area contributed by atoms with Crippen LogP contribution < -0.4 is 15.4 Å². The Bertz CT molecular complexity index is 809. The molecular weight excluding hydrogens is 482 g/mol. The van der Waals surface area contributed by atoms with Gasteiger partial charge in [-0.25, -0.2) is 4.39 Å². The zero-order chi connectivity index (χ0) is 19.9. The summed E-state index contributed by atoms with van der Waals surface area (Å²) in [6.45, 7) is 5.30. The van der Waals surface area contributed by atoms with Gasteiger partial charge in [-0.3, -0.25) is 9.98 Å². The van der Waals surface area contributed by atoms with Gasteiger partial charge in [-0.2, -0.15) is 0 Å². The fraction of sp³-hybridized carbons (Fsp3) is 0.455. The fourth-order valence-corrected chi connectivity index (χ4v) is 2.85. The van der Waals surface area contributed by atoms with Gasteiger partial charge in [0, 0.05) is 25.5 Å². The number of hydrogen-bond donors (Lipinski definition) is 2. The van der Waals surface area contributed by atoms with Crippen LogP contribution in [-0.2, 0) is 6.42 Å². The second kappa shape index (κ2) is 11.3. The lowest BCUT2D eigenvalue weighted by atomic mass is 10.1. The maximum atomic E-state index is 14.3. The van der Waals surface area contributed by atoms with Crippen molar-refractivity contribution in [3.05, 3.63) is 59.2 Å². The minimum Gasteiger partial charge on any atom is -0.490 e. The Hall–Kier alpha value is -1.90. The molecule has 1 heterocycles. The lowest BCUT2D eigenvalue weighted by Crippen LogP contribution is -2.39. The van der Waals surface area contributed by atoms with Gasteiger partial charge in [0.1, 0.15) is 0 Å². The number of halogens is 2. The van der Waals surface area contributed by atoms with E-state index in [9.17, 15) is 4.39 Å². The molecule has 1 fully saturated rings. The van der Waals surface area contributed by atoms with Gasteiger partial charge >= 0.3 is 0 Å². The number of ether oxygens (including phenoxy) is 1. The molecule has 7 heteroatoms. The second-order valence-corrected chi connectivity index (χ2v) is 7.37. The highest BCUT2D eigenvalue weighted by atomic mass is 127. The first kappa shape index (κ1) is 23.4. The van der Waals surface area contributed by atoms with Crippen molar-refractivity contribution < 1.29 is 9.13 Å². The van der Waals surface area contributed by atoms with Crippen LogP contribution in [0.1, 0.15) is 42.6 Å². The third-order valence-corrected chi connectivity index (χ3v) is 4.88. The van der Waals surface area contributed by atoms with Crippen LogP contribution in [0.4, 0.5) is 4.39 Å². The highest BCUT2D eigenvalue weighted by molar-refractivity contribution is 14.0. The van der Waals surface area contributed by atoms with E-state index in [0.717, 1.165) is 24.2 Å². The average molecular weight is 512 g/mol. The van der Waals surface area contributed by atoms with Crippen LogP contribution in [0.25, 0.3) is 0 Å². The lowest BCUT2D eigenvalue weighted by Gasteiger charge is -2.19. The van der Waals surface area contributed by atoms with E-state index < -0.39 is 0 Å². The molecule has 0 bridgehead atoms. The van der Waals surface area contributed by atoms with E-state index >= 15 is 0 Å². The third kappa shape index (κ3) is 7.45. The number of pyridine rings is 1. The summed E-state index contributed by atoms with van der Waals surface area (Å²) in [6, 6.07) is 9.15. The monoisotopic (exact) mass is 512 g/mol. The highest BCUT2D eigenvalue weighted by Crippen LogP contribution is 2.30. The van der Waals surface area contributed by atoms with E-state index in [4.69, 9.17) is 4.74 Å². The molecule has 1 atom stereocenters. The number of hydrogen-bond acceptors (Lipinski definition) is 3. The molecule has 2 aromatic rings. The maximum absolute atomic E-state index is 14.3. The van der Waals surface area contributed by atoms with Crippen LogP contribution in [0.15, 0.2) is 41.5 Å². The molecule has 0 amide bonds. The lowest BCUT2D eigenvalue weighted by molar-refractivity contribution is 0.285. The zero-order valence-corrected chi connectivity index (χ0v) is 19.6. The predicted molar refractivity (Wildman–Crippen MR) is 126 cm³/mol. The van der Waals surface area contributed by atoms with Gasteiger partial charge in [-0.1, -0.05) is 12.1 Å². The summed E-state index contributed by atoms with van der Waals surface area (Å²) in [4.78, 5) is 8.56. The molecule has 1 unspecified atom stereocenters. The average Bonchev–Trinajstić information content (AvgIpc) is 3.52. The van der Waals surface area contributed by atoms with E-state index in [1.165, 1.54) is 24.5 Å². The van der Waals surface area contributed by atoms with Crippen molar-refractivity contribution in [1.29, 1.82) is 0 Å². The summed E-state index contributed by atoms with van der Waals surface area (Å²) < 4.78 is 19.9. The summed E-state index contributed by atoms with van der Waals surface area (Å²) in [5, 5.41) is 6.59. The van der Waals surface area contributed by atoms with Crippen LogP contribution in [0.3, 0.4) is 0 Å². The van der Waals surface area contributed by atoms with Crippen molar-refractivity contribution in [3.8, 4) is 5.75 Å². The summed E-state index contributed by atoms with van der Waals surface area (Å²) in [5.74, 6) is 1.30. The second-order valence-electron chi connectivity index (χ2n) is 7.37. The van der Waals surface area contributed by atoms with E-state index in [1.807, 2.05) is 32.2 Å². The van der Waals surface area contributed by atoms with Gasteiger partial charge < -0.3 is 15.4 Å². The Kier molecular flexibility index (Phi) is 9.13. The molecule has 0 saturated heterocycles. The van der Waals surface area contributed by atoms with E-state index in [-0.39, 0.29) is 35.8 Å². The topological polar surface area (TPSA) is 58.5 Å². The highest BCUT2D eigenvalue weighted by Gasteiger charge is 2.22. The van der Waals surface area contributed by atoms with Gasteiger partial charge in [0.25, 0.3) is 0 Å². The molecule has 1 aliphatic carbocycles. The Morgan fingerprint density at radius 3 is 2.72 bits per heavy atom. The summed E-state index contributed by atoms with van der Waals surface area (Å²) >= 11 is 0. The Labute approximate surface area is 189 Å². The predicted octanol–water partition coefficient (Wildman–Crippen LogP) is 4.40.